The van der Waals surface area contributed by atoms with E-state index < -0.39 is 0 Å². The Morgan fingerprint density at radius 3 is 2.21 bits per heavy atom. The first-order valence-corrected chi connectivity index (χ1v) is 6.49. The van der Waals surface area contributed by atoms with Crippen molar-refractivity contribution < 1.29 is 9.84 Å². The van der Waals surface area contributed by atoms with Crippen molar-refractivity contribution in [3.05, 3.63) is 64.2 Å². The number of aliphatic hydroxyl groups excluding tert-OH is 1. The Bertz CT molecular complexity index is 556. The van der Waals surface area contributed by atoms with Crippen LogP contribution in [0.1, 0.15) is 27.8 Å². The van der Waals surface area contributed by atoms with Gasteiger partial charge in [0, 0.05) is 0 Å². The van der Waals surface area contributed by atoms with Gasteiger partial charge in [-0.05, 0) is 54.7 Å². The molecule has 0 unspecified atom stereocenters. The SMILES string of the molecule is Cc1cc(C)c(C)c(OCc2ccc(CO)cc2)c1. The second-order valence-electron chi connectivity index (χ2n) is 4.97. The van der Waals surface area contributed by atoms with E-state index in [1.165, 1.54) is 16.7 Å². The summed E-state index contributed by atoms with van der Waals surface area (Å²) in [5, 5.41) is 9.00. The summed E-state index contributed by atoms with van der Waals surface area (Å²) in [4.78, 5) is 0. The van der Waals surface area contributed by atoms with Crippen LogP contribution in [-0.4, -0.2) is 5.11 Å². The predicted octanol–water partition coefficient (Wildman–Crippen LogP) is 3.68. The van der Waals surface area contributed by atoms with Gasteiger partial charge in [0.1, 0.15) is 12.4 Å². The lowest BCUT2D eigenvalue weighted by molar-refractivity contribution is 0.281. The first kappa shape index (κ1) is 13.6. The van der Waals surface area contributed by atoms with Crippen LogP contribution >= 0.6 is 0 Å². The standard InChI is InChI=1S/C17H20O2/c1-12-8-13(2)14(3)17(9-12)19-11-16-6-4-15(10-18)5-7-16/h4-9,18H,10-11H2,1-3H3. The van der Waals surface area contributed by atoms with Gasteiger partial charge in [0.15, 0.2) is 0 Å². The molecule has 1 N–H and O–H groups in total. The van der Waals surface area contributed by atoms with Gasteiger partial charge in [0.25, 0.3) is 0 Å². The summed E-state index contributed by atoms with van der Waals surface area (Å²) >= 11 is 0. The van der Waals surface area contributed by atoms with Gasteiger partial charge in [0.05, 0.1) is 6.61 Å². The van der Waals surface area contributed by atoms with E-state index in [0.29, 0.717) is 6.61 Å². The normalized spacial score (nSPS) is 10.5. The molecule has 0 fully saturated rings. The Hall–Kier alpha value is -1.80. The van der Waals surface area contributed by atoms with Crippen LogP contribution in [-0.2, 0) is 13.2 Å². The van der Waals surface area contributed by atoms with E-state index in [9.17, 15) is 0 Å². The summed E-state index contributed by atoms with van der Waals surface area (Å²) in [6.45, 7) is 6.90. The zero-order valence-corrected chi connectivity index (χ0v) is 11.7. The molecule has 0 bridgehead atoms. The monoisotopic (exact) mass is 256 g/mol. The second kappa shape index (κ2) is 5.89. The van der Waals surface area contributed by atoms with Crippen LogP contribution < -0.4 is 4.74 Å². The molecule has 0 atom stereocenters. The topological polar surface area (TPSA) is 29.5 Å². The molecule has 2 rings (SSSR count). The molecule has 2 nitrogen and oxygen atoms in total. The molecule has 2 aromatic rings. The highest BCUT2D eigenvalue weighted by Crippen LogP contribution is 2.24. The van der Waals surface area contributed by atoms with Gasteiger partial charge < -0.3 is 9.84 Å². The van der Waals surface area contributed by atoms with Crippen molar-refractivity contribution in [1.29, 1.82) is 0 Å². The Morgan fingerprint density at radius 2 is 1.58 bits per heavy atom. The predicted molar refractivity (Wildman–Crippen MR) is 77.3 cm³/mol. The minimum Gasteiger partial charge on any atom is -0.489 e. The average Bonchev–Trinajstić information content (AvgIpc) is 2.41. The summed E-state index contributed by atoms with van der Waals surface area (Å²) in [5.74, 6) is 0.948. The fourth-order valence-corrected chi connectivity index (χ4v) is 2.05. The fraction of sp³-hybridized carbons (Fsp3) is 0.294. The number of hydrogen-bond acceptors (Lipinski definition) is 2. The first-order chi connectivity index (χ1) is 9.10. The summed E-state index contributed by atoms with van der Waals surface area (Å²) in [5.41, 5.74) is 5.69. The van der Waals surface area contributed by atoms with Gasteiger partial charge in [-0.15, -0.1) is 0 Å². The van der Waals surface area contributed by atoms with E-state index in [0.717, 1.165) is 16.9 Å². The number of ether oxygens (including phenoxy) is 1. The van der Waals surface area contributed by atoms with Gasteiger partial charge in [0.2, 0.25) is 0 Å². The van der Waals surface area contributed by atoms with Crippen molar-refractivity contribution in [2.75, 3.05) is 0 Å². The van der Waals surface area contributed by atoms with Crippen LogP contribution in [0, 0.1) is 20.8 Å². The first-order valence-electron chi connectivity index (χ1n) is 6.49. The zero-order valence-electron chi connectivity index (χ0n) is 11.7. The molecule has 0 aliphatic carbocycles. The van der Waals surface area contributed by atoms with Crippen molar-refractivity contribution in [2.45, 2.75) is 34.0 Å². The Morgan fingerprint density at radius 1 is 0.947 bits per heavy atom. The maximum atomic E-state index is 9.00. The fourth-order valence-electron chi connectivity index (χ4n) is 2.05. The van der Waals surface area contributed by atoms with Crippen LogP contribution in [0.5, 0.6) is 5.75 Å². The smallest absolute Gasteiger partial charge is 0.123 e. The van der Waals surface area contributed by atoms with Crippen LogP contribution in [0.3, 0.4) is 0 Å². The third-order valence-corrected chi connectivity index (χ3v) is 3.36. The van der Waals surface area contributed by atoms with Gasteiger partial charge in [-0.3, -0.25) is 0 Å². The van der Waals surface area contributed by atoms with Crippen molar-refractivity contribution in [3.63, 3.8) is 0 Å². The lowest BCUT2D eigenvalue weighted by atomic mass is 10.1. The minimum atomic E-state index is 0.0807. The van der Waals surface area contributed by atoms with Crippen LogP contribution in [0.15, 0.2) is 36.4 Å². The molecule has 19 heavy (non-hydrogen) atoms. The molecule has 0 spiro atoms. The minimum absolute atomic E-state index is 0.0807. The van der Waals surface area contributed by atoms with Crippen molar-refractivity contribution >= 4 is 0 Å². The molecule has 0 amide bonds. The third kappa shape index (κ3) is 3.36. The van der Waals surface area contributed by atoms with E-state index in [1.807, 2.05) is 24.3 Å². The van der Waals surface area contributed by atoms with E-state index >= 15 is 0 Å². The largest absolute Gasteiger partial charge is 0.489 e. The second-order valence-corrected chi connectivity index (χ2v) is 4.97. The number of rotatable bonds is 4. The zero-order chi connectivity index (χ0) is 13.8. The van der Waals surface area contributed by atoms with E-state index in [2.05, 4.69) is 32.9 Å². The molecule has 0 saturated heterocycles. The molecule has 0 aliphatic rings. The summed E-state index contributed by atoms with van der Waals surface area (Å²) in [6, 6.07) is 12.1. The quantitative estimate of drug-likeness (QED) is 0.904. The Balaban J connectivity index is 2.09. The van der Waals surface area contributed by atoms with Crippen molar-refractivity contribution in [2.24, 2.45) is 0 Å². The molecule has 0 saturated carbocycles. The highest BCUT2D eigenvalue weighted by atomic mass is 16.5. The highest BCUT2D eigenvalue weighted by molar-refractivity contribution is 5.42. The number of hydrogen-bond donors (Lipinski definition) is 1. The van der Waals surface area contributed by atoms with Gasteiger partial charge in [-0.25, -0.2) is 0 Å². The molecule has 0 aromatic heterocycles. The van der Waals surface area contributed by atoms with Gasteiger partial charge in [-0.1, -0.05) is 30.3 Å². The molecule has 0 aliphatic heterocycles. The maximum Gasteiger partial charge on any atom is 0.123 e. The molecular weight excluding hydrogens is 236 g/mol. The van der Waals surface area contributed by atoms with E-state index in [4.69, 9.17) is 9.84 Å². The van der Waals surface area contributed by atoms with E-state index in [1.54, 1.807) is 0 Å². The maximum absolute atomic E-state index is 9.00. The van der Waals surface area contributed by atoms with Crippen LogP contribution in [0.4, 0.5) is 0 Å². The molecule has 2 heteroatoms. The molecule has 100 valence electrons. The molecule has 0 radical (unpaired) electrons. The highest BCUT2D eigenvalue weighted by Gasteiger charge is 2.04. The molecule has 2 aromatic carbocycles. The Kier molecular flexibility index (Phi) is 4.23. The lowest BCUT2D eigenvalue weighted by Crippen LogP contribution is -1.99. The summed E-state index contributed by atoms with van der Waals surface area (Å²) in [6.07, 6.45) is 0. The Labute approximate surface area is 114 Å². The molecular formula is C17H20O2. The van der Waals surface area contributed by atoms with Gasteiger partial charge >= 0.3 is 0 Å². The number of aryl methyl sites for hydroxylation is 2. The summed E-state index contributed by atoms with van der Waals surface area (Å²) in [7, 11) is 0. The summed E-state index contributed by atoms with van der Waals surface area (Å²) < 4.78 is 5.90. The van der Waals surface area contributed by atoms with Crippen molar-refractivity contribution in [3.8, 4) is 5.75 Å². The lowest BCUT2D eigenvalue weighted by Gasteiger charge is -2.12. The third-order valence-electron chi connectivity index (χ3n) is 3.36. The van der Waals surface area contributed by atoms with Crippen LogP contribution in [0.25, 0.3) is 0 Å². The van der Waals surface area contributed by atoms with Crippen molar-refractivity contribution in [1.82, 2.24) is 0 Å². The molecule has 0 heterocycles. The number of benzene rings is 2. The average molecular weight is 256 g/mol. The number of aliphatic hydroxyl groups is 1. The van der Waals surface area contributed by atoms with Gasteiger partial charge in [-0.2, -0.15) is 0 Å². The van der Waals surface area contributed by atoms with Crippen LogP contribution in [0.2, 0.25) is 0 Å². The van der Waals surface area contributed by atoms with E-state index in [-0.39, 0.29) is 6.61 Å².